The third kappa shape index (κ3) is 5.89. The van der Waals surface area contributed by atoms with Crippen molar-refractivity contribution < 1.29 is 35.5 Å². The lowest BCUT2D eigenvalue weighted by Gasteiger charge is -2.15. The Labute approximate surface area is 202 Å². The van der Waals surface area contributed by atoms with Crippen molar-refractivity contribution in [3.63, 3.8) is 0 Å². The van der Waals surface area contributed by atoms with Crippen molar-refractivity contribution in [1.29, 1.82) is 0 Å². The fourth-order valence-corrected chi connectivity index (χ4v) is 4.15. The lowest BCUT2D eigenvalue weighted by atomic mass is 10.1. The standard InChI is InChI=1S/C22H16ClF4N3O4S/c1-11-7-19(30-35(32,33)14-4-6-17(23)16(9-14)22(25,26)27)21(29-10-11)34-13-3-5-15(18(24)8-13)12(2)20(28)31/h3-10,30H,2H2,1H3,(H2,28,31). The summed E-state index contributed by atoms with van der Waals surface area (Å²) < 4.78 is 87.2. The van der Waals surface area contributed by atoms with Gasteiger partial charge >= 0.3 is 6.18 Å². The summed E-state index contributed by atoms with van der Waals surface area (Å²) in [7, 11) is -4.55. The Bertz CT molecular complexity index is 1440. The Morgan fingerprint density at radius 3 is 2.46 bits per heavy atom. The Balaban J connectivity index is 1.96. The molecule has 3 rings (SSSR count). The van der Waals surface area contributed by atoms with Crippen LogP contribution in [0.5, 0.6) is 11.6 Å². The van der Waals surface area contributed by atoms with Crippen molar-refractivity contribution in [3.8, 4) is 11.6 Å². The summed E-state index contributed by atoms with van der Waals surface area (Å²) in [6.45, 7) is 4.98. The zero-order chi connectivity index (χ0) is 26.1. The number of aryl methyl sites for hydroxylation is 1. The number of hydrogen-bond donors (Lipinski definition) is 2. The number of ether oxygens (including phenoxy) is 1. The number of aromatic nitrogens is 1. The Morgan fingerprint density at radius 2 is 1.86 bits per heavy atom. The number of pyridine rings is 1. The van der Waals surface area contributed by atoms with Gasteiger partial charge in [-0.15, -0.1) is 0 Å². The normalized spacial score (nSPS) is 11.7. The molecule has 0 radical (unpaired) electrons. The largest absolute Gasteiger partial charge is 0.437 e. The smallest absolute Gasteiger partial charge is 0.417 e. The van der Waals surface area contributed by atoms with Crippen LogP contribution in [0, 0.1) is 12.7 Å². The van der Waals surface area contributed by atoms with Crippen LogP contribution in [0.1, 0.15) is 16.7 Å². The summed E-state index contributed by atoms with van der Waals surface area (Å²) in [6.07, 6.45) is -3.55. The van der Waals surface area contributed by atoms with E-state index in [-0.39, 0.29) is 28.5 Å². The maximum atomic E-state index is 14.4. The van der Waals surface area contributed by atoms with Crippen LogP contribution < -0.4 is 15.2 Å². The fraction of sp³-hybridized carbons (Fsp3) is 0.0909. The van der Waals surface area contributed by atoms with Gasteiger partial charge in [-0.05, 0) is 48.9 Å². The maximum absolute atomic E-state index is 14.4. The van der Waals surface area contributed by atoms with Crippen LogP contribution in [0.25, 0.3) is 5.57 Å². The number of benzene rings is 2. The van der Waals surface area contributed by atoms with E-state index in [9.17, 15) is 30.8 Å². The van der Waals surface area contributed by atoms with Gasteiger partial charge in [-0.25, -0.2) is 17.8 Å². The number of alkyl halides is 3. The van der Waals surface area contributed by atoms with E-state index in [1.54, 1.807) is 6.92 Å². The van der Waals surface area contributed by atoms with Crippen LogP contribution in [0.15, 0.2) is 60.1 Å². The quantitative estimate of drug-likeness (QED) is 0.319. The number of nitrogens with two attached hydrogens (primary N) is 1. The predicted octanol–water partition coefficient (Wildman–Crippen LogP) is 5.29. The van der Waals surface area contributed by atoms with Crippen molar-refractivity contribution in [2.24, 2.45) is 5.73 Å². The van der Waals surface area contributed by atoms with Crippen LogP contribution in [0.3, 0.4) is 0 Å². The highest BCUT2D eigenvalue weighted by atomic mass is 35.5. The lowest BCUT2D eigenvalue weighted by Crippen LogP contribution is -2.16. The molecule has 0 saturated carbocycles. The summed E-state index contributed by atoms with van der Waals surface area (Å²) in [5, 5.41) is -0.665. The highest BCUT2D eigenvalue weighted by Gasteiger charge is 2.34. The molecule has 0 unspecified atom stereocenters. The number of carbonyl (C=O) groups is 1. The SMILES string of the molecule is C=C(C(N)=O)c1ccc(Oc2ncc(C)cc2NS(=O)(=O)c2ccc(Cl)c(C(F)(F)F)c2)cc1F. The number of primary amides is 1. The fourth-order valence-electron chi connectivity index (χ4n) is 2.85. The second-order valence-electron chi connectivity index (χ2n) is 7.20. The van der Waals surface area contributed by atoms with Crippen LogP contribution in [0.2, 0.25) is 5.02 Å². The molecule has 7 nitrogen and oxygen atoms in total. The molecule has 184 valence electrons. The molecule has 0 fully saturated rings. The van der Waals surface area contributed by atoms with E-state index in [1.807, 2.05) is 0 Å². The predicted molar refractivity (Wildman–Crippen MR) is 121 cm³/mol. The Morgan fingerprint density at radius 1 is 1.17 bits per heavy atom. The van der Waals surface area contributed by atoms with E-state index in [0.717, 1.165) is 18.2 Å². The van der Waals surface area contributed by atoms with E-state index >= 15 is 0 Å². The molecular formula is C22H16ClF4N3O4S. The minimum absolute atomic E-state index is 0.119. The van der Waals surface area contributed by atoms with Gasteiger partial charge in [0.15, 0.2) is 0 Å². The number of hydrogen-bond acceptors (Lipinski definition) is 5. The average Bonchev–Trinajstić information content (AvgIpc) is 2.74. The molecule has 2 aromatic carbocycles. The van der Waals surface area contributed by atoms with Gasteiger partial charge < -0.3 is 10.5 Å². The van der Waals surface area contributed by atoms with E-state index in [2.05, 4.69) is 16.3 Å². The lowest BCUT2D eigenvalue weighted by molar-refractivity contribution is -0.137. The minimum atomic E-state index is -4.88. The summed E-state index contributed by atoms with van der Waals surface area (Å²) in [6, 6.07) is 6.79. The van der Waals surface area contributed by atoms with Crippen LogP contribution in [-0.2, 0) is 21.0 Å². The van der Waals surface area contributed by atoms with Gasteiger partial charge in [0, 0.05) is 23.4 Å². The molecule has 1 amide bonds. The zero-order valence-corrected chi connectivity index (χ0v) is 19.4. The highest BCUT2D eigenvalue weighted by molar-refractivity contribution is 7.92. The number of sulfonamides is 1. The molecule has 0 saturated heterocycles. The van der Waals surface area contributed by atoms with Crippen molar-refractivity contribution in [2.75, 3.05) is 4.72 Å². The van der Waals surface area contributed by atoms with Gasteiger partial charge in [0.25, 0.3) is 10.0 Å². The van der Waals surface area contributed by atoms with Crippen LogP contribution >= 0.6 is 11.6 Å². The molecule has 0 atom stereocenters. The van der Waals surface area contributed by atoms with Crippen molar-refractivity contribution >= 4 is 38.8 Å². The maximum Gasteiger partial charge on any atom is 0.417 e. The number of rotatable bonds is 7. The van der Waals surface area contributed by atoms with E-state index < -0.39 is 43.4 Å². The second kappa shape index (κ2) is 9.55. The summed E-state index contributed by atoms with van der Waals surface area (Å²) in [4.78, 5) is 14.5. The third-order valence-electron chi connectivity index (χ3n) is 4.56. The topological polar surface area (TPSA) is 111 Å². The highest BCUT2D eigenvalue weighted by Crippen LogP contribution is 2.37. The summed E-state index contributed by atoms with van der Waals surface area (Å²) in [5.41, 5.74) is 3.61. The summed E-state index contributed by atoms with van der Waals surface area (Å²) in [5.74, 6) is -2.25. The molecule has 0 aliphatic heterocycles. The number of nitrogens with zero attached hydrogens (tertiary/aromatic N) is 1. The first-order valence-corrected chi connectivity index (χ1v) is 11.4. The molecule has 1 aromatic heterocycles. The van der Waals surface area contributed by atoms with Gasteiger partial charge in [-0.2, -0.15) is 13.2 Å². The molecule has 35 heavy (non-hydrogen) atoms. The van der Waals surface area contributed by atoms with E-state index in [0.29, 0.717) is 11.6 Å². The van der Waals surface area contributed by atoms with Gasteiger partial charge in [-0.3, -0.25) is 9.52 Å². The van der Waals surface area contributed by atoms with Gasteiger partial charge in [-0.1, -0.05) is 18.2 Å². The minimum Gasteiger partial charge on any atom is -0.437 e. The molecule has 3 N–H and O–H groups in total. The van der Waals surface area contributed by atoms with Crippen molar-refractivity contribution in [1.82, 2.24) is 4.98 Å². The molecule has 0 aliphatic carbocycles. The van der Waals surface area contributed by atoms with Gasteiger partial charge in [0.1, 0.15) is 17.3 Å². The third-order valence-corrected chi connectivity index (χ3v) is 6.26. The first kappa shape index (κ1) is 26.0. The van der Waals surface area contributed by atoms with E-state index in [1.165, 1.54) is 24.4 Å². The van der Waals surface area contributed by atoms with Crippen LogP contribution in [-0.4, -0.2) is 19.3 Å². The molecule has 0 aliphatic rings. The molecule has 3 aromatic rings. The van der Waals surface area contributed by atoms with Crippen LogP contribution in [0.4, 0.5) is 23.2 Å². The number of carbonyl (C=O) groups excluding carboxylic acids is 1. The molecule has 0 bridgehead atoms. The zero-order valence-electron chi connectivity index (χ0n) is 17.8. The first-order chi connectivity index (χ1) is 16.2. The number of nitrogens with one attached hydrogen (secondary N) is 1. The number of halogens is 5. The number of amides is 1. The Hall–Kier alpha value is -3.64. The van der Waals surface area contributed by atoms with E-state index in [4.69, 9.17) is 22.1 Å². The monoisotopic (exact) mass is 529 g/mol. The Kier molecular flexibility index (Phi) is 7.08. The molecule has 13 heteroatoms. The first-order valence-electron chi connectivity index (χ1n) is 9.51. The summed E-state index contributed by atoms with van der Waals surface area (Å²) >= 11 is 5.56. The van der Waals surface area contributed by atoms with Crippen molar-refractivity contribution in [3.05, 3.63) is 82.8 Å². The molecule has 0 spiro atoms. The average molecular weight is 530 g/mol. The van der Waals surface area contributed by atoms with Gasteiger partial charge in [0.2, 0.25) is 11.8 Å². The van der Waals surface area contributed by atoms with Crippen molar-refractivity contribution in [2.45, 2.75) is 18.0 Å². The molecular weight excluding hydrogens is 514 g/mol. The van der Waals surface area contributed by atoms with Gasteiger partial charge in [0.05, 0.1) is 15.5 Å². The second-order valence-corrected chi connectivity index (χ2v) is 9.29. The molecule has 1 heterocycles. The number of anilines is 1.